The molecule has 0 saturated heterocycles. The number of halogens is 1. The Balaban J connectivity index is 1.34. The van der Waals surface area contributed by atoms with E-state index >= 15 is 0 Å². The average Bonchev–Trinajstić information content (AvgIpc) is 3.27. The van der Waals surface area contributed by atoms with Crippen LogP contribution in [0.2, 0.25) is 5.02 Å². The van der Waals surface area contributed by atoms with Gasteiger partial charge in [-0.3, -0.25) is 14.3 Å². The summed E-state index contributed by atoms with van der Waals surface area (Å²) in [5, 5.41) is 12.9. The summed E-state index contributed by atoms with van der Waals surface area (Å²) in [5.74, 6) is 1.66. The number of nitrogens with zero attached hydrogens (tertiary/aromatic N) is 4. The van der Waals surface area contributed by atoms with Crippen molar-refractivity contribution in [2.75, 3.05) is 18.9 Å². The summed E-state index contributed by atoms with van der Waals surface area (Å²) in [6.07, 6.45) is 4.13. The highest BCUT2D eigenvalue weighted by Crippen LogP contribution is 2.28. The lowest BCUT2D eigenvalue weighted by Gasteiger charge is -2.11. The number of rotatable bonds is 10. The lowest BCUT2D eigenvalue weighted by molar-refractivity contribution is -0.118. The molecule has 0 aliphatic heterocycles. The SMILES string of the molecule is Cc1cccc(OCCCNC(=O)CSc2nnc(-c3ccncc3)n2-c2ccc(Cl)cc2)c1. The van der Waals surface area contributed by atoms with Gasteiger partial charge < -0.3 is 10.1 Å². The molecule has 0 fully saturated rings. The summed E-state index contributed by atoms with van der Waals surface area (Å²) in [6.45, 7) is 3.10. The van der Waals surface area contributed by atoms with Crippen molar-refractivity contribution in [2.24, 2.45) is 0 Å². The molecule has 0 radical (unpaired) electrons. The first kappa shape index (κ1) is 23.8. The molecule has 34 heavy (non-hydrogen) atoms. The van der Waals surface area contributed by atoms with E-state index in [0.29, 0.717) is 29.2 Å². The second-order valence-corrected chi connectivity index (χ2v) is 8.89. The molecule has 0 aliphatic carbocycles. The highest BCUT2D eigenvalue weighted by atomic mass is 35.5. The molecule has 0 saturated carbocycles. The molecule has 0 bridgehead atoms. The van der Waals surface area contributed by atoms with Crippen molar-refractivity contribution in [3.05, 3.63) is 83.6 Å². The van der Waals surface area contributed by atoms with E-state index in [1.54, 1.807) is 12.4 Å². The number of thioether (sulfide) groups is 1. The molecule has 4 rings (SSSR count). The fourth-order valence-electron chi connectivity index (χ4n) is 3.25. The van der Waals surface area contributed by atoms with Crippen molar-refractivity contribution >= 4 is 29.3 Å². The van der Waals surface area contributed by atoms with Crippen LogP contribution in [0.15, 0.2) is 78.2 Å². The molecule has 0 unspecified atom stereocenters. The molecule has 2 heterocycles. The van der Waals surface area contributed by atoms with Crippen molar-refractivity contribution < 1.29 is 9.53 Å². The van der Waals surface area contributed by atoms with Crippen molar-refractivity contribution in [1.82, 2.24) is 25.1 Å². The van der Waals surface area contributed by atoms with E-state index in [-0.39, 0.29) is 11.7 Å². The van der Waals surface area contributed by atoms with Gasteiger partial charge in [0.2, 0.25) is 5.91 Å². The molecule has 9 heteroatoms. The van der Waals surface area contributed by atoms with Crippen LogP contribution in [0.3, 0.4) is 0 Å². The number of carbonyl (C=O) groups excluding carboxylic acids is 1. The topological polar surface area (TPSA) is 81.9 Å². The zero-order valence-corrected chi connectivity index (χ0v) is 20.2. The number of carbonyl (C=O) groups is 1. The zero-order chi connectivity index (χ0) is 23.8. The van der Waals surface area contributed by atoms with E-state index in [0.717, 1.165) is 29.0 Å². The van der Waals surface area contributed by atoms with Gasteiger partial charge in [0.05, 0.1) is 12.4 Å². The van der Waals surface area contributed by atoms with Crippen LogP contribution in [0.1, 0.15) is 12.0 Å². The molecule has 2 aromatic heterocycles. The van der Waals surface area contributed by atoms with Gasteiger partial charge >= 0.3 is 0 Å². The van der Waals surface area contributed by atoms with E-state index in [9.17, 15) is 4.79 Å². The molecule has 0 aliphatic rings. The molecule has 2 aromatic carbocycles. The summed E-state index contributed by atoms with van der Waals surface area (Å²) in [4.78, 5) is 16.5. The van der Waals surface area contributed by atoms with Gasteiger partial charge in [0.25, 0.3) is 0 Å². The van der Waals surface area contributed by atoms with Crippen molar-refractivity contribution in [1.29, 1.82) is 0 Å². The molecular weight excluding hydrogens is 470 g/mol. The average molecular weight is 494 g/mol. The lowest BCUT2D eigenvalue weighted by atomic mass is 10.2. The first-order valence-electron chi connectivity index (χ1n) is 10.8. The fraction of sp³-hybridized carbons (Fsp3) is 0.200. The van der Waals surface area contributed by atoms with Crippen LogP contribution >= 0.6 is 23.4 Å². The highest BCUT2D eigenvalue weighted by molar-refractivity contribution is 7.99. The Labute approximate surface area is 207 Å². The van der Waals surface area contributed by atoms with E-state index in [2.05, 4.69) is 20.5 Å². The standard InChI is InChI=1S/C25H24ClN5O2S/c1-18-4-2-5-22(16-18)33-15-3-12-28-23(32)17-34-25-30-29-24(19-10-13-27-14-11-19)31(25)21-8-6-20(26)7-9-21/h2,4-11,13-14,16H,3,12,15,17H2,1H3,(H,28,32). The first-order chi connectivity index (χ1) is 16.6. The van der Waals surface area contributed by atoms with Crippen LogP contribution in [0.25, 0.3) is 17.1 Å². The van der Waals surface area contributed by atoms with Gasteiger partial charge in [0.1, 0.15) is 5.75 Å². The Morgan fingerprint density at radius 2 is 1.88 bits per heavy atom. The maximum atomic E-state index is 12.4. The molecular formula is C25H24ClN5O2S. The molecule has 1 amide bonds. The number of aromatic nitrogens is 4. The predicted molar refractivity (Wildman–Crippen MR) is 135 cm³/mol. The van der Waals surface area contributed by atoms with Crippen LogP contribution in [-0.4, -0.2) is 44.6 Å². The van der Waals surface area contributed by atoms with E-state index in [4.69, 9.17) is 16.3 Å². The van der Waals surface area contributed by atoms with Crippen LogP contribution in [0.5, 0.6) is 5.75 Å². The minimum absolute atomic E-state index is 0.0725. The smallest absolute Gasteiger partial charge is 0.230 e. The molecule has 7 nitrogen and oxygen atoms in total. The summed E-state index contributed by atoms with van der Waals surface area (Å²) in [7, 11) is 0. The third-order valence-electron chi connectivity index (χ3n) is 4.89. The van der Waals surface area contributed by atoms with Gasteiger partial charge in [-0.25, -0.2) is 0 Å². The van der Waals surface area contributed by atoms with Gasteiger partial charge in [0.15, 0.2) is 11.0 Å². The van der Waals surface area contributed by atoms with Crippen LogP contribution in [-0.2, 0) is 4.79 Å². The summed E-state index contributed by atoms with van der Waals surface area (Å²) < 4.78 is 7.64. The Bertz CT molecular complexity index is 1230. The van der Waals surface area contributed by atoms with Gasteiger partial charge in [-0.15, -0.1) is 10.2 Å². The van der Waals surface area contributed by atoms with Gasteiger partial charge in [-0.05, 0) is 67.4 Å². The maximum absolute atomic E-state index is 12.4. The monoisotopic (exact) mass is 493 g/mol. The minimum Gasteiger partial charge on any atom is -0.494 e. The number of aryl methyl sites for hydroxylation is 1. The summed E-state index contributed by atoms with van der Waals surface area (Å²) >= 11 is 7.40. The number of hydrogen-bond donors (Lipinski definition) is 1. The molecule has 0 spiro atoms. The Morgan fingerprint density at radius 3 is 2.65 bits per heavy atom. The zero-order valence-electron chi connectivity index (χ0n) is 18.6. The predicted octanol–water partition coefficient (Wildman–Crippen LogP) is 4.97. The molecule has 174 valence electrons. The van der Waals surface area contributed by atoms with Gasteiger partial charge in [-0.2, -0.15) is 0 Å². The first-order valence-corrected chi connectivity index (χ1v) is 12.2. The maximum Gasteiger partial charge on any atom is 0.230 e. The lowest BCUT2D eigenvalue weighted by Crippen LogP contribution is -2.27. The normalized spacial score (nSPS) is 10.8. The van der Waals surface area contributed by atoms with Crippen LogP contribution < -0.4 is 10.1 Å². The van der Waals surface area contributed by atoms with Crippen LogP contribution in [0.4, 0.5) is 0 Å². The van der Waals surface area contributed by atoms with Gasteiger partial charge in [-0.1, -0.05) is 35.5 Å². The number of pyridine rings is 1. The number of benzene rings is 2. The number of nitrogens with one attached hydrogen (secondary N) is 1. The van der Waals surface area contributed by atoms with Gasteiger partial charge in [0, 0.05) is 35.2 Å². The highest BCUT2D eigenvalue weighted by Gasteiger charge is 2.17. The molecule has 1 N–H and O–H groups in total. The number of amides is 1. The van der Waals surface area contributed by atoms with Crippen molar-refractivity contribution in [3.63, 3.8) is 0 Å². The van der Waals surface area contributed by atoms with E-state index < -0.39 is 0 Å². The number of ether oxygens (including phenoxy) is 1. The molecule has 4 aromatic rings. The number of hydrogen-bond acceptors (Lipinski definition) is 6. The Morgan fingerprint density at radius 1 is 1.09 bits per heavy atom. The van der Waals surface area contributed by atoms with E-state index in [1.165, 1.54) is 11.8 Å². The largest absolute Gasteiger partial charge is 0.494 e. The quantitative estimate of drug-likeness (QED) is 0.248. The molecule has 0 atom stereocenters. The van der Waals surface area contributed by atoms with Crippen molar-refractivity contribution in [2.45, 2.75) is 18.5 Å². The summed E-state index contributed by atoms with van der Waals surface area (Å²) in [5.41, 5.74) is 2.89. The van der Waals surface area contributed by atoms with E-state index in [1.807, 2.05) is 72.2 Å². The van der Waals surface area contributed by atoms with Crippen molar-refractivity contribution in [3.8, 4) is 22.8 Å². The third-order valence-corrected chi connectivity index (χ3v) is 6.07. The Kier molecular flexibility index (Phi) is 8.17. The minimum atomic E-state index is -0.0725. The fourth-order valence-corrected chi connectivity index (χ4v) is 4.16. The second kappa shape index (κ2) is 11.7. The second-order valence-electron chi connectivity index (χ2n) is 7.51. The van der Waals surface area contributed by atoms with Crippen LogP contribution in [0, 0.1) is 6.92 Å². The Hall–Kier alpha value is -3.36. The summed E-state index contributed by atoms with van der Waals surface area (Å²) in [6, 6.07) is 19.1. The third kappa shape index (κ3) is 6.36.